The Labute approximate surface area is 224 Å². The molecule has 0 rings (SSSR count). The Kier molecular flexibility index (Phi) is 27.5. The summed E-state index contributed by atoms with van der Waals surface area (Å²) in [6, 6.07) is -0.536. The molecule has 0 aromatic heterocycles. The maximum Gasteiger partial charge on any atom is 0.220 e. The molecule has 0 saturated heterocycles. The fourth-order valence-corrected chi connectivity index (χ4v) is 4.52. The minimum Gasteiger partial charge on any atom is -0.394 e. The second kappa shape index (κ2) is 28.4. The average molecular weight is 508 g/mol. The molecule has 0 aliphatic heterocycles. The number of nitrogens with one attached hydrogen (secondary N) is 1. The molecule has 0 heterocycles. The summed E-state index contributed by atoms with van der Waals surface area (Å²) in [5, 5.41) is 22.8. The third kappa shape index (κ3) is 24.6. The number of rotatable bonds is 27. The summed E-state index contributed by atoms with van der Waals surface area (Å²) >= 11 is 0. The molecule has 212 valence electrons. The second-order valence-electron chi connectivity index (χ2n) is 10.6. The summed E-state index contributed by atoms with van der Waals surface area (Å²) < 4.78 is 0. The molecule has 0 aliphatic carbocycles. The minimum atomic E-state index is -0.658. The van der Waals surface area contributed by atoms with Crippen LogP contribution in [0.3, 0.4) is 0 Å². The molecule has 0 aromatic carbocycles. The molecule has 2 atom stereocenters. The van der Waals surface area contributed by atoms with Crippen LogP contribution in [0.1, 0.15) is 155 Å². The van der Waals surface area contributed by atoms with Crippen molar-refractivity contribution in [3.8, 4) is 0 Å². The zero-order chi connectivity index (χ0) is 26.5. The van der Waals surface area contributed by atoms with E-state index in [2.05, 4.69) is 43.5 Å². The molecule has 0 aliphatic rings. The van der Waals surface area contributed by atoms with Crippen molar-refractivity contribution < 1.29 is 15.0 Å². The summed E-state index contributed by atoms with van der Waals surface area (Å²) in [6.45, 7) is 4.28. The Balaban J connectivity index is 3.64. The largest absolute Gasteiger partial charge is 0.394 e. The number of unbranched alkanes of at least 4 members (excludes halogenated alkanes) is 17. The smallest absolute Gasteiger partial charge is 0.220 e. The first-order valence-corrected chi connectivity index (χ1v) is 15.6. The highest BCUT2D eigenvalue weighted by atomic mass is 16.3. The summed E-state index contributed by atoms with van der Waals surface area (Å²) in [4.78, 5) is 12.2. The molecular formula is C32H61NO3. The van der Waals surface area contributed by atoms with Gasteiger partial charge >= 0.3 is 0 Å². The van der Waals surface area contributed by atoms with Crippen molar-refractivity contribution in [2.45, 2.75) is 167 Å². The van der Waals surface area contributed by atoms with E-state index in [0.29, 0.717) is 12.8 Å². The molecule has 2 unspecified atom stereocenters. The molecule has 0 spiro atoms. The maximum atomic E-state index is 12.2. The van der Waals surface area contributed by atoms with E-state index in [9.17, 15) is 15.0 Å². The lowest BCUT2D eigenvalue weighted by molar-refractivity contribution is -0.123. The number of hydrogen-bond donors (Lipinski definition) is 3. The summed E-state index contributed by atoms with van der Waals surface area (Å²) in [6.07, 6.45) is 33.6. The second-order valence-corrected chi connectivity index (χ2v) is 10.6. The number of carbonyl (C=O) groups excluding carboxylic acids is 1. The van der Waals surface area contributed by atoms with Gasteiger partial charge in [-0.05, 0) is 38.5 Å². The van der Waals surface area contributed by atoms with Crippen molar-refractivity contribution in [3.05, 3.63) is 24.3 Å². The number of allylic oxidation sites excluding steroid dienone is 4. The molecule has 1 amide bonds. The van der Waals surface area contributed by atoms with Gasteiger partial charge in [-0.3, -0.25) is 4.79 Å². The van der Waals surface area contributed by atoms with E-state index in [4.69, 9.17) is 0 Å². The zero-order valence-electron chi connectivity index (χ0n) is 24.0. The molecule has 0 radical (unpaired) electrons. The quantitative estimate of drug-likeness (QED) is 0.0770. The third-order valence-electron chi connectivity index (χ3n) is 6.99. The molecule has 0 aromatic rings. The zero-order valence-corrected chi connectivity index (χ0v) is 24.0. The van der Waals surface area contributed by atoms with Crippen molar-refractivity contribution in [2.75, 3.05) is 6.61 Å². The standard InChI is InChI=1S/C32H61NO3/c1-3-5-7-9-11-13-14-15-16-17-18-20-22-24-26-28-32(36)33-30(29-34)31(35)27-25-23-21-19-12-10-8-6-4-2/h11,13-15,30-31,34-35H,3-10,12,16-29H2,1-2H3,(H,33,36)/b13-11-,15-14-. The first kappa shape index (κ1) is 34.9. The van der Waals surface area contributed by atoms with Crippen LogP contribution in [0.25, 0.3) is 0 Å². The first-order valence-electron chi connectivity index (χ1n) is 15.6. The number of aliphatic hydroxyl groups excluding tert-OH is 2. The third-order valence-corrected chi connectivity index (χ3v) is 6.99. The van der Waals surface area contributed by atoms with Crippen molar-refractivity contribution in [2.24, 2.45) is 0 Å². The van der Waals surface area contributed by atoms with Crippen molar-refractivity contribution in [3.63, 3.8) is 0 Å². The highest BCUT2D eigenvalue weighted by molar-refractivity contribution is 5.76. The van der Waals surface area contributed by atoms with Gasteiger partial charge in [0.25, 0.3) is 0 Å². The topological polar surface area (TPSA) is 69.6 Å². The molecule has 0 saturated carbocycles. The van der Waals surface area contributed by atoms with E-state index in [0.717, 1.165) is 32.1 Å². The van der Waals surface area contributed by atoms with Gasteiger partial charge in [0.2, 0.25) is 5.91 Å². The molecule has 3 N–H and O–H groups in total. The van der Waals surface area contributed by atoms with E-state index in [1.165, 1.54) is 96.3 Å². The number of carbonyl (C=O) groups is 1. The molecular weight excluding hydrogens is 446 g/mol. The predicted molar refractivity (Wildman–Crippen MR) is 156 cm³/mol. The summed E-state index contributed by atoms with van der Waals surface area (Å²) in [5.74, 6) is -0.0481. The van der Waals surface area contributed by atoms with Crippen LogP contribution in [-0.2, 0) is 4.79 Å². The van der Waals surface area contributed by atoms with Crippen molar-refractivity contribution in [1.29, 1.82) is 0 Å². The SMILES string of the molecule is CCCCC/C=C\C=C/CCCCCCCCC(=O)NC(CO)C(O)CCCCCCCCCCC. The predicted octanol–water partition coefficient (Wildman–Crippen LogP) is 8.56. The van der Waals surface area contributed by atoms with Crippen LogP contribution in [0.15, 0.2) is 24.3 Å². The Morgan fingerprint density at radius 2 is 1.11 bits per heavy atom. The van der Waals surface area contributed by atoms with Gasteiger partial charge in [-0.25, -0.2) is 0 Å². The Bertz CT molecular complexity index is 518. The van der Waals surface area contributed by atoms with Gasteiger partial charge in [0.15, 0.2) is 0 Å². The normalized spacial score (nSPS) is 13.6. The van der Waals surface area contributed by atoms with Crippen LogP contribution in [-0.4, -0.2) is 34.9 Å². The lowest BCUT2D eigenvalue weighted by atomic mass is 10.0. The molecule has 0 fully saturated rings. The van der Waals surface area contributed by atoms with E-state index in [1.807, 2.05) is 0 Å². The Hall–Kier alpha value is -1.13. The molecule has 4 nitrogen and oxygen atoms in total. The van der Waals surface area contributed by atoms with Gasteiger partial charge in [-0.2, -0.15) is 0 Å². The van der Waals surface area contributed by atoms with Crippen molar-refractivity contribution >= 4 is 5.91 Å². The van der Waals surface area contributed by atoms with Gasteiger partial charge in [-0.1, -0.05) is 134 Å². The average Bonchev–Trinajstić information content (AvgIpc) is 2.88. The highest BCUT2D eigenvalue weighted by Crippen LogP contribution is 2.13. The minimum absolute atomic E-state index is 0.0481. The molecule has 4 heteroatoms. The monoisotopic (exact) mass is 507 g/mol. The van der Waals surface area contributed by atoms with Gasteiger partial charge in [0, 0.05) is 6.42 Å². The highest BCUT2D eigenvalue weighted by Gasteiger charge is 2.19. The van der Waals surface area contributed by atoms with Crippen LogP contribution >= 0.6 is 0 Å². The van der Waals surface area contributed by atoms with Crippen LogP contribution in [0.2, 0.25) is 0 Å². The fourth-order valence-electron chi connectivity index (χ4n) is 4.52. The number of aliphatic hydroxyl groups is 2. The van der Waals surface area contributed by atoms with E-state index >= 15 is 0 Å². The number of amides is 1. The van der Waals surface area contributed by atoms with E-state index < -0.39 is 12.1 Å². The fraction of sp³-hybridized carbons (Fsp3) is 0.844. The van der Waals surface area contributed by atoms with E-state index in [-0.39, 0.29) is 12.5 Å². The Morgan fingerprint density at radius 1 is 0.667 bits per heavy atom. The first-order chi connectivity index (χ1) is 17.7. The summed E-state index contributed by atoms with van der Waals surface area (Å²) in [7, 11) is 0. The van der Waals surface area contributed by atoms with Crippen LogP contribution in [0.5, 0.6) is 0 Å². The van der Waals surface area contributed by atoms with Crippen LogP contribution in [0, 0.1) is 0 Å². The Morgan fingerprint density at radius 3 is 1.67 bits per heavy atom. The van der Waals surface area contributed by atoms with Crippen LogP contribution in [0.4, 0.5) is 0 Å². The van der Waals surface area contributed by atoms with Gasteiger partial charge in [0.1, 0.15) is 0 Å². The lowest BCUT2D eigenvalue weighted by Gasteiger charge is -2.22. The lowest BCUT2D eigenvalue weighted by Crippen LogP contribution is -2.45. The number of hydrogen-bond acceptors (Lipinski definition) is 3. The molecule has 0 bridgehead atoms. The van der Waals surface area contributed by atoms with Gasteiger partial charge in [0.05, 0.1) is 18.8 Å². The van der Waals surface area contributed by atoms with Gasteiger partial charge < -0.3 is 15.5 Å². The van der Waals surface area contributed by atoms with Gasteiger partial charge in [-0.15, -0.1) is 0 Å². The van der Waals surface area contributed by atoms with E-state index in [1.54, 1.807) is 0 Å². The molecule has 36 heavy (non-hydrogen) atoms. The maximum absolute atomic E-state index is 12.2. The summed E-state index contributed by atoms with van der Waals surface area (Å²) in [5.41, 5.74) is 0. The van der Waals surface area contributed by atoms with Crippen molar-refractivity contribution in [1.82, 2.24) is 5.32 Å². The van der Waals surface area contributed by atoms with Crippen LogP contribution < -0.4 is 5.32 Å².